The van der Waals surface area contributed by atoms with Crippen LogP contribution < -0.4 is 10.5 Å². The highest BCUT2D eigenvalue weighted by Crippen LogP contribution is 2.49. The first kappa shape index (κ1) is 12.7. The molecule has 3 N–H and O–H groups in total. The lowest BCUT2D eigenvalue weighted by atomic mass is 10.1. The number of carboxylic acids is 1. The van der Waals surface area contributed by atoms with Gasteiger partial charge in [-0.2, -0.15) is 0 Å². The quantitative estimate of drug-likeness (QED) is 0.488. The van der Waals surface area contributed by atoms with Crippen LogP contribution in [-0.4, -0.2) is 22.1 Å². The number of anilines is 1. The van der Waals surface area contributed by atoms with Crippen molar-refractivity contribution in [2.45, 2.75) is 12.5 Å². The Morgan fingerprint density at radius 3 is 2.61 bits per heavy atom. The molecule has 9 heteroatoms. The summed E-state index contributed by atoms with van der Waals surface area (Å²) in [7, 11) is 0. The Balaban J connectivity index is 2.68. The third kappa shape index (κ3) is 1.72. The number of nitrogen functional groups attached to an aromatic ring is 1. The Hall–Kier alpha value is -1.73. The van der Waals surface area contributed by atoms with Crippen LogP contribution in [0.3, 0.4) is 0 Å². The van der Waals surface area contributed by atoms with E-state index in [0.717, 1.165) is 0 Å². The average Bonchev–Trinajstić information content (AvgIpc) is 2.70. The van der Waals surface area contributed by atoms with E-state index in [-0.39, 0.29) is 33.5 Å². The zero-order valence-corrected chi connectivity index (χ0v) is 10.2. The van der Waals surface area contributed by atoms with Crippen molar-refractivity contribution in [3.05, 3.63) is 25.7 Å². The van der Waals surface area contributed by atoms with Gasteiger partial charge in [-0.1, -0.05) is 23.2 Å². The van der Waals surface area contributed by atoms with Crippen LogP contribution in [0.2, 0.25) is 10.0 Å². The van der Waals surface area contributed by atoms with Crippen molar-refractivity contribution < 1.29 is 19.6 Å². The maximum atomic E-state index is 10.9. The lowest BCUT2D eigenvalue weighted by Crippen LogP contribution is -2.24. The number of hydrogen-bond donors (Lipinski definition) is 2. The van der Waals surface area contributed by atoms with Crippen molar-refractivity contribution >= 4 is 40.5 Å². The summed E-state index contributed by atoms with van der Waals surface area (Å²) < 4.78 is 5.05. The summed E-state index contributed by atoms with van der Waals surface area (Å²) >= 11 is 11.6. The number of carbonyl (C=O) groups is 1. The second-order valence-corrected chi connectivity index (χ2v) is 4.36. The number of nitrogens with zero attached hydrogens (tertiary/aromatic N) is 1. The molecule has 1 aromatic rings. The summed E-state index contributed by atoms with van der Waals surface area (Å²) in [5, 5.41) is 19.5. The molecule has 1 heterocycles. The SMILES string of the molecule is Nc1c(Cl)c(Cl)c2c(c1[N+](=O)[O-])CC(C(=O)O)O2. The normalized spacial score (nSPS) is 17.1. The minimum Gasteiger partial charge on any atom is -0.478 e. The lowest BCUT2D eigenvalue weighted by Gasteiger charge is -2.08. The van der Waals surface area contributed by atoms with Crippen molar-refractivity contribution in [3.63, 3.8) is 0 Å². The van der Waals surface area contributed by atoms with E-state index >= 15 is 0 Å². The maximum absolute atomic E-state index is 10.9. The summed E-state index contributed by atoms with van der Waals surface area (Å²) in [5.41, 5.74) is 4.83. The first-order chi connectivity index (χ1) is 8.34. The van der Waals surface area contributed by atoms with Crippen LogP contribution in [0.15, 0.2) is 0 Å². The predicted octanol–water partition coefficient (Wildman–Crippen LogP) is 1.87. The van der Waals surface area contributed by atoms with Gasteiger partial charge in [0.2, 0.25) is 0 Å². The van der Waals surface area contributed by atoms with Gasteiger partial charge in [0.05, 0.1) is 15.5 Å². The molecule has 0 saturated carbocycles. The van der Waals surface area contributed by atoms with E-state index in [0.29, 0.717) is 0 Å². The number of halogens is 2. The molecule has 1 aliphatic rings. The van der Waals surface area contributed by atoms with Crippen molar-refractivity contribution in [1.82, 2.24) is 0 Å². The molecule has 0 fully saturated rings. The number of rotatable bonds is 2. The molecule has 0 amide bonds. The summed E-state index contributed by atoms with van der Waals surface area (Å²) in [5.74, 6) is -1.33. The highest BCUT2D eigenvalue weighted by Gasteiger charge is 2.39. The fraction of sp³-hybridized carbons (Fsp3) is 0.222. The molecule has 0 spiro atoms. The molecule has 0 aromatic heterocycles. The van der Waals surface area contributed by atoms with E-state index in [9.17, 15) is 14.9 Å². The molecule has 0 saturated heterocycles. The van der Waals surface area contributed by atoms with Crippen molar-refractivity contribution in [2.24, 2.45) is 0 Å². The zero-order chi connectivity index (χ0) is 13.6. The van der Waals surface area contributed by atoms with Gasteiger partial charge < -0.3 is 15.6 Å². The maximum Gasteiger partial charge on any atom is 0.345 e. The first-order valence-electron chi connectivity index (χ1n) is 4.67. The third-order valence-corrected chi connectivity index (χ3v) is 3.40. The van der Waals surface area contributed by atoms with Gasteiger partial charge in [0.1, 0.15) is 10.7 Å². The van der Waals surface area contributed by atoms with E-state index < -0.39 is 22.7 Å². The van der Waals surface area contributed by atoms with Gasteiger partial charge in [-0.25, -0.2) is 4.79 Å². The summed E-state index contributed by atoms with van der Waals surface area (Å²) in [6.45, 7) is 0. The lowest BCUT2D eigenvalue weighted by molar-refractivity contribution is -0.384. The van der Waals surface area contributed by atoms with Gasteiger partial charge in [-0.05, 0) is 0 Å². The number of nitro benzene ring substituents is 1. The van der Waals surface area contributed by atoms with E-state index in [2.05, 4.69) is 0 Å². The Morgan fingerprint density at radius 2 is 2.11 bits per heavy atom. The van der Waals surface area contributed by atoms with Crippen molar-refractivity contribution in [2.75, 3.05) is 5.73 Å². The molecular weight excluding hydrogens is 287 g/mol. The molecule has 1 atom stereocenters. The summed E-state index contributed by atoms with van der Waals surface area (Å²) in [6.07, 6.45) is -1.41. The minimum atomic E-state index is -1.24. The van der Waals surface area contributed by atoms with Crippen LogP contribution in [0.25, 0.3) is 0 Å². The van der Waals surface area contributed by atoms with Gasteiger partial charge >= 0.3 is 11.7 Å². The van der Waals surface area contributed by atoms with E-state index in [4.69, 9.17) is 38.8 Å². The minimum absolute atomic E-state index is 0.0549. The Bertz CT molecular complexity index is 575. The first-order valence-corrected chi connectivity index (χ1v) is 5.43. The second-order valence-electron chi connectivity index (χ2n) is 3.60. The number of hydrogen-bond acceptors (Lipinski definition) is 5. The van der Waals surface area contributed by atoms with E-state index in [1.54, 1.807) is 0 Å². The molecule has 2 rings (SSSR count). The van der Waals surface area contributed by atoms with Crippen molar-refractivity contribution in [1.29, 1.82) is 0 Å². The van der Waals surface area contributed by atoms with Gasteiger partial charge in [0.25, 0.3) is 0 Å². The van der Waals surface area contributed by atoms with Gasteiger partial charge in [-0.15, -0.1) is 0 Å². The van der Waals surface area contributed by atoms with E-state index in [1.807, 2.05) is 0 Å². The fourth-order valence-corrected chi connectivity index (χ4v) is 2.19. The topological polar surface area (TPSA) is 116 Å². The van der Waals surface area contributed by atoms with Gasteiger partial charge in [0, 0.05) is 6.42 Å². The Morgan fingerprint density at radius 1 is 1.50 bits per heavy atom. The number of nitro groups is 1. The molecule has 18 heavy (non-hydrogen) atoms. The van der Waals surface area contributed by atoms with Crippen LogP contribution in [0, 0.1) is 10.1 Å². The molecule has 96 valence electrons. The number of nitrogens with two attached hydrogens (primary N) is 1. The summed E-state index contributed by atoms with van der Waals surface area (Å²) in [4.78, 5) is 21.0. The van der Waals surface area contributed by atoms with Crippen LogP contribution in [0.5, 0.6) is 5.75 Å². The fourth-order valence-electron chi connectivity index (χ4n) is 1.75. The van der Waals surface area contributed by atoms with Crippen LogP contribution >= 0.6 is 23.2 Å². The van der Waals surface area contributed by atoms with Crippen LogP contribution in [-0.2, 0) is 11.2 Å². The largest absolute Gasteiger partial charge is 0.478 e. The Labute approximate surface area is 110 Å². The number of ether oxygens (including phenoxy) is 1. The van der Waals surface area contributed by atoms with E-state index in [1.165, 1.54) is 0 Å². The van der Waals surface area contributed by atoms with Gasteiger partial charge in [0.15, 0.2) is 11.9 Å². The number of carboxylic acid groups (broad SMARTS) is 1. The molecule has 1 aromatic carbocycles. The predicted molar refractivity (Wildman–Crippen MR) is 63.3 cm³/mol. The monoisotopic (exact) mass is 292 g/mol. The Kier molecular flexibility index (Phi) is 2.95. The smallest absolute Gasteiger partial charge is 0.345 e. The average molecular weight is 293 g/mol. The molecule has 7 nitrogen and oxygen atoms in total. The standard InChI is InChI=1S/C9H6Cl2N2O5/c10-4-5(11)8-2(1-3(18-8)9(14)15)7(6(4)12)13(16)17/h3H,1,12H2,(H,14,15). The number of fused-ring (bicyclic) bond motifs is 1. The van der Waals surface area contributed by atoms with Crippen LogP contribution in [0.1, 0.15) is 5.56 Å². The second kappa shape index (κ2) is 4.18. The number of benzene rings is 1. The molecule has 0 bridgehead atoms. The molecule has 0 radical (unpaired) electrons. The van der Waals surface area contributed by atoms with Crippen molar-refractivity contribution in [3.8, 4) is 5.75 Å². The third-order valence-electron chi connectivity index (χ3n) is 2.55. The molecular formula is C9H6Cl2N2O5. The summed E-state index contributed by atoms with van der Waals surface area (Å²) in [6, 6.07) is 0. The molecule has 1 unspecified atom stereocenters. The van der Waals surface area contributed by atoms with Gasteiger partial charge in [-0.3, -0.25) is 10.1 Å². The molecule has 0 aliphatic carbocycles. The zero-order valence-electron chi connectivity index (χ0n) is 8.65. The highest BCUT2D eigenvalue weighted by atomic mass is 35.5. The number of aliphatic carboxylic acids is 1. The highest BCUT2D eigenvalue weighted by molar-refractivity contribution is 6.45. The molecule has 1 aliphatic heterocycles. The van der Waals surface area contributed by atoms with Crippen LogP contribution in [0.4, 0.5) is 11.4 Å².